The summed E-state index contributed by atoms with van der Waals surface area (Å²) in [5.41, 5.74) is 7.63. The predicted octanol–water partition coefficient (Wildman–Crippen LogP) is 2.84. The zero-order valence-electron chi connectivity index (χ0n) is 10.9. The first-order valence-corrected chi connectivity index (χ1v) is 6.89. The Morgan fingerprint density at radius 2 is 2.29 bits per heavy atom. The largest absolute Gasteiger partial charge is 0.420 e. The number of halogens is 2. The molecule has 1 atom stereocenters. The molecule has 1 aliphatic rings. The predicted molar refractivity (Wildman–Crippen MR) is 76.7 cm³/mol. The molecule has 0 fully saturated rings. The normalized spacial score (nSPS) is 17.1. The van der Waals surface area contributed by atoms with Gasteiger partial charge in [0.15, 0.2) is 0 Å². The van der Waals surface area contributed by atoms with Crippen LogP contribution in [0.25, 0.3) is 0 Å². The van der Waals surface area contributed by atoms with Crippen molar-refractivity contribution >= 4 is 15.9 Å². The van der Waals surface area contributed by atoms with Crippen LogP contribution < -0.4 is 10.5 Å². The Kier molecular flexibility index (Phi) is 3.18. The van der Waals surface area contributed by atoms with E-state index in [0.717, 1.165) is 0 Å². The van der Waals surface area contributed by atoms with Crippen LogP contribution in [0.4, 0.5) is 4.39 Å². The fraction of sp³-hybridized carbons (Fsp3) is 0.143. The molecule has 3 rings (SSSR count). The van der Waals surface area contributed by atoms with E-state index in [2.05, 4.69) is 26.1 Å². The van der Waals surface area contributed by atoms with E-state index < -0.39 is 11.7 Å². The fourth-order valence-electron chi connectivity index (χ4n) is 2.45. The quantitative estimate of drug-likeness (QED) is 0.829. The Morgan fingerprint density at radius 3 is 2.95 bits per heavy atom. The second kappa shape index (κ2) is 4.90. The number of H-pyrrole nitrogens is 1. The highest BCUT2D eigenvalue weighted by Crippen LogP contribution is 2.43. The zero-order chi connectivity index (χ0) is 15.1. The summed E-state index contributed by atoms with van der Waals surface area (Å²) in [7, 11) is 0. The summed E-state index contributed by atoms with van der Waals surface area (Å²) in [6.07, 6.45) is 0. The molecule has 3 N–H and O–H groups in total. The summed E-state index contributed by atoms with van der Waals surface area (Å²) in [4.78, 5) is 0. The van der Waals surface area contributed by atoms with Gasteiger partial charge in [0.05, 0.1) is 5.92 Å². The van der Waals surface area contributed by atoms with Crippen molar-refractivity contribution in [1.82, 2.24) is 10.2 Å². The number of ether oxygens (including phenoxy) is 1. The van der Waals surface area contributed by atoms with Gasteiger partial charge in [-0.15, -0.1) is 5.10 Å². The van der Waals surface area contributed by atoms with Crippen LogP contribution in [0, 0.1) is 24.1 Å². The molecular weight excluding hydrogens is 339 g/mol. The standard InChI is InChI=1S/C14H10BrFN4O/c1-6-11-12(8-3-2-7(15)4-10(8)16)9(5-17)13(18)21-14(11)20-19-6/h2-4,12H,18H2,1H3,(H,19,20). The van der Waals surface area contributed by atoms with Gasteiger partial charge in [0.2, 0.25) is 11.8 Å². The van der Waals surface area contributed by atoms with Crippen LogP contribution in [0.1, 0.15) is 22.7 Å². The van der Waals surface area contributed by atoms with E-state index in [9.17, 15) is 9.65 Å². The summed E-state index contributed by atoms with van der Waals surface area (Å²) in [5, 5.41) is 16.1. The lowest BCUT2D eigenvalue weighted by molar-refractivity contribution is 0.378. The highest BCUT2D eigenvalue weighted by Gasteiger charge is 2.35. The number of nitrogens with one attached hydrogen (secondary N) is 1. The minimum Gasteiger partial charge on any atom is -0.420 e. The topological polar surface area (TPSA) is 87.7 Å². The molecule has 0 saturated carbocycles. The van der Waals surface area contributed by atoms with E-state index >= 15 is 0 Å². The Balaban J connectivity index is 2.27. The van der Waals surface area contributed by atoms with Crippen LogP contribution in [0.5, 0.6) is 5.88 Å². The van der Waals surface area contributed by atoms with Gasteiger partial charge in [0.1, 0.15) is 17.5 Å². The first kappa shape index (κ1) is 13.6. The van der Waals surface area contributed by atoms with Gasteiger partial charge in [-0.25, -0.2) is 4.39 Å². The molecule has 2 aromatic rings. The molecule has 1 aliphatic heterocycles. The minimum atomic E-state index is -0.634. The number of aryl methyl sites for hydroxylation is 1. The highest BCUT2D eigenvalue weighted by atomic mass is 79.9. The number of hydrogen-bond donors (Lipinski definition) is 2. The molecule has 0 amide bonds. The first-order valence-electron chi connectivity index (χ1n) is 6.10. The zero-order valence-corrected chi connectivity index (χ0v) is 12.5. The molecule has 5 nitrogen and oxygen atoms in total. The third kappa shape index (κ3) is 2.08. The third-order valence-corrected chi connectivity index (χ3v) is 3.90. The Labute approximate surface area is 128 Å². The molecule has 0 radical (unpaired) electrons. The molecule has 0 bridgehead atoms. The van der Waals surface area contributed by atoms with Gasteiger partial charge in [-0.2, -0.15) is 5.26 Å². The maximum atomic E-state index is 14.3. The molecule has 1 aromatic carbocycles. The van der Waals surface area contributed by atoms with E-state index in [1.807, 2.05) is 6.07 Å². The molecule has 106 valence electrons. The number of nitriles is 1. The lowest BCUT2D eigenvalue weighted by Gasteiger charge is -2.23. The van der Waals surface area contributed by atoms with Crippen LogP contribution >= 0.6 is 15.9 Å². The Hall–Kier alpha value is -2.33. The average molecular weight is 349 g/mol. The number of nitrogens with zero attached hydrogens (tertiary/aromatic N) is 2. The molecule has 21 heavy (non-hydrogen) atoms. The van der Waals surface area contributed by atoms with E-state index in [1.165, 1.54) is 6.07 Å². The molecule has 0 aliphatic carbocycles. The molecule has 1 aromatic heterocycles. The highest BCUT2D eigenvalue weighted by molar-refractivity contribution is 9.10. The number of aromatic nitrogens is 2. The van der Waals surface area contributed by atoms with Crippen molar-refractivity contribution in [3.63, 3.8) is 0 Å². The van der Waals surface area contributed by atoms with Crippen molar-refractivity contribution in [3.05, 3.63) is 56.8 Å². The van der Waals surface area contributed by atoms with Crippen molar-refractivity contribution < 1.29 is 9.13 Å². The van der Waals surface area contributed by atoms with Crippen molar-refractivity contribution in [2.75, 3.05) is 0 Å². The summed E-state index contributed by atoms with van der Waals surface area (Å²) in [5.74, 6) is -0.839. The van der Waals surface area contributed by atoms with Crippen molar-refractivity contribution in [2.45, 2.75) is 12.8 Å². The van der Waals surface area contributed by atoms with E-state index in [1.54, 1.807) is 19.1 Å². The lowest BCUT2D eigenvalue weighted by Crippen LogP contribution is -2.21. The molecule has 1 unspecified atom stereocenters. The van der Waals surface area contributed by atoms with E-state index in [4.69, 9.17) is 10.5 Å². The maximum absolute atomic E-state index is 14.3. The summed E-state index contributed by atoms with van der Waals surface area (Å²) in [6.45, 7) is 1.79. The van der Waals surface area contributed by atoms with Gasteiger partial charge in [0.25, 0.3) is 0 Å². The molecule has 0 spiro atoms. The van der Waals surface area contributed by atoms with E-state index in [-0.39, 0.29) is 17.3 Å². The van der Waals surface area contributed by atoms with Gasteiger partial charge in [-0.05, 0) is 19.1 Å². The molecule has 7 heteroatoms. The van der Waals surface area contributed by atoms with Crippen LogP contribution in [0.2, 0.25) is 0 Å². The van der Waals surface area contributed by atoms with Crippen LogP contribution in [-0.2, 0) is 0 Å². The molecule has 2 heterocycles. The van der Waals surface area contributed by atoms with Crippen molar-refractivity contribution in [2.24, 2.45) is 5.73 Å². The smallest absolute Gasteiger partial charge is 0.244 e. The number of benzene rings is 1. The van der Waals surface area contributed by atoms with E-state index in [0.29, 0.717) is 21.3 Å². The average Bonchev–Trinajstić information content (AvgIpc) is 2.79. The lowest BCUT2D eigenvalue weighted by atomic mass is 9.84. The number of allylic oxidation sites excluding steroid dienone is 1. The SMILES string of the molecule is Cc1[nH]nc2c1C(c1ccc(Br)cc1F)C(C#N)=C(N)O2. The second-order valence-corrected chi connectivity index (χ2v) is 5.57. The van der Waals surface area contributed by atoms with Crippen LogP contribution in [0.3, 0.4) is 0 Å². The number of fused-ring (bicyclic) bond motifs is 1. The summed E-state index contributed by atoms with van der Waals surface area (Å²) in [6, 6.07) is 6.70. The van der Waals surface area contributed by atoms with Gasteiger partial charge in [-0.1, -0.05) is 22.0 Å². The van der Waals surface area contributed by atoms with Gasteiger partial charge in [0, 0.05) is 21.3 Å². The van der Waals surface area contributed by atoms with Gasteiger partial charge in [-0.3, -0.25) is 5.10 Å². The van der Waals surface area contributed by atoms with Gasteiger partial charge >= 0.3 is 0 Å². The Bertz CT molecular complexity index is 806. The van der Waals surface area contributed by atoms with Gasteiger partial charge < -0.3 is 10.5 Å². The second-order valence-electron chi connectivity index (χ2n) is 4.66. The third-order valence-electron chi connectivity index (χ3n) is 3.40. The number of nitrogens with two attached hydrogens (primary N) is 1. The van der Waals surface area contributed by atoms with Crippen molar-refractivity contribution in [1.29, 1.82) is 5.26 Å². The van der Waals surface area contributed by atoms with Crippen molar-refractivity contribution in [3.8, 4) is 11.9 Å². The molecule has 0 saturated heterocycles. The Morgan fingerprint density at radius 1 is 1.52 bits per heavy atom. The van der Waals surface area contributed by atoms with Crippen LogP contribution in [0.15, 0.2) is 34.1 Å². The number of rotatable bonds is 1. The maximum Gasteiger partial charge on any atom is 0.244 e. The minimum absolute atomic E-state index is 0.0520. The number of aromatic amines is 1. The van der Waals surface area contributed by atoms with Crippen LogP contribution in [-0.4, -0.2) is 10.2 Å². The summed E-state index contributed by atoms with van der Waals surface area (Å²) >= 11 is 3.22. The molecular formula is C14H10BrFN4O. The number of hydrogen-bond acceptors (Lipinski definition) is 4. The monoisotopic (exact) mass is 348 g/mol. The summed E-state index contributed by atoms with van der Waals surface area (Å²) < 4.78 is 20.3. The first-order chi connectivity index (χ1) is 10.0. The fourth-order valence-corrected chi connectivity index (χ4v) is 2.78.